The third-order valence-corrected chi connectivity index (χ3v) is 5.69. The molecule has 0 bridgehead atoms. The lowest BCUT2D eigenvalue weighted by molar-refractivity contribution is 0.263. The second-order valence-corrected chi connectivity index (χ2v) is 6.48. The van der Waals surface area contributed by atoms with Crippen LogP contribution in [0.1, 0.15) is 20.3 Å². The SMILES string of the molecule is CCCP(=O)(C(C)O)C1CO1. The first-order chi connectivity index (χ1) is 5.11. The van der Waals surface area contributed by atoms with Crippen LogP contribution in [0.15, 0.2) is 0 Å². The molecular weight excluding hydrogens is 163 g/mol. The van der Waals surface area contributed by atoms with Gasteiger partial charge < -0.3 is 14.4 Å². The van der Waals surface area contributed by atoms with E-state index in [0.717, 1.165) is 6.42 Å². The number of hydrogen-bond acceptors (Lipinski definition) is 3. The molecule has 0 aliphatic carbocycles. The van der Waals surface area contributed by atoms with Gasteiger partial charge in [0.15, 0.2) is 0 Å². The fourth-order valence-corrected chi connectivity index (χ4v) is 3.65. The predicted molar refractivity (Wildman–Crippen MR) is 44.2 cm³/mol. The summed E-state index contributed by atoms with van der Waals surface area (Å²) >= 11 is 0. The fourth-order valence-electron chi connectivity index (χ4n) is 1.22. The normalized spacial score (nSPS) is 31.0. The molecule has 0 spiro atoms. The van der Waals surface area contributed by atoms with Crippen molar-refractivity contribution in [3.05, 3.63) is 0 Å². The van der Waals surface area contributed by atoms with E-state index in [1.807, 2.05) is 6.92 Å². The van der Waals surface area contributed by atoms with E-state index >= 15 is 0 Å². The zero-order valence-electron chi connectivity index (χ0n) is 6.99. The van der Waals surface area contributed by atoms with Crippen LogP contribution in [0.5, 0.6) is 0 Å². The van der Waals surface area contributed by atoms with Gasteiger partial charge in [-0.2, -0.15) is 0 Å². The summed E-state index contributed by atoms with van der Waals surface area (Å²) < 4.78 is 16.9. The van der Waals surface area contributed by atoms with Gasteiger partial charge in [-0.1, -0.05) is 6.92 Å². The summed E-state index contributed by atoms with van der Waals surface area (Å²) in [5.74, 6) is -0.836. The Morgan fingerprint density at radius 2 is 2.36 bits per heavy atom. The highest BCUT2D eigenvalue weighted by molar-refractivity contribution is 7.65. The molecule has 4 heteroatoms. The number of epoxide rings is 1. The van der Waals surface area contributed by atoms with Crippen LogP contribution in [0.3, 0.4) is 0 Å². The van der Waals surface area contributed by atoms with Crippen molar-refractivity contribution in [2.75, 3.05) is 12.8 Å². The maximum atomic E-state index is 11.9. The third-order valence-electron chi connectivity index (χ3n) is 2.01. The molecule has 3 nitrogen and oxygen atoms in total. The topological polar surface area (TPSA) is 49.8 Å². The molecule has 0 radical (unpaired) electrons. The van der Waals surface area contributed by atoms with Crippen LogP contribution in [0.2, 0.25) is 0 Å². The van der Waals surface area contributed by atoms with E-state index in [1.165, 1.54) is 0 Å². The van der Waals surface area contributed by atoms with Gasteiger partial charge in [0.1, 0.15) is 18.8 Å². The lowest BCUT2D eigenvalue weighted by atomic mass is 10.6. The smallest absolute Gasteiger partial charge is 0.144 e. The molecule has 0 aromatic carbocycles. The molecule has 1 N–H and O–H groups in total. The van der Waals surface area contributed by atoms with E-state index in [1.54, 1.807) is 6.92 Å². The van der Waals surface area contributed by atoms with Crippen molar-refractivity contribution in [3.8, 4) is 0 Å². The van der Waals surface area contributed by atoms with Crippen LogP contribution in [-0.4, -0.2) is 29.6 Å². The van der Waals surface area contributed by atoms with Gasteiger partial charge in [-0.25, -0.2) is 0 Å². The Balaban J connectivity index is 2.61. The standard InChI is InChI=1S/C7H15O3P/c1-3-4-11(9,6(2)8)7-5-10-7/h6-8H,3-5H2,1-2H3. The molecule has 1 rings (SSSR count). The van der Waals surface area contributed by atoms with Gasteiger partial charge in [-0.05, 0) is 13.3 Å². The van der Waals surface area contributed by atoms with Gasteiger partial charge in [-0.3, -0.25) is 0 Å². The first-order valence-electron chi connectivity index (χ1n) is 3.99. The summed E-state index contributed by atoms with van der Waals surface area (Å²) in [7, 11) is -2.42. The van der Waals surface area contributed by atoms with Gasteiger partial charge >= 0.3 is 0 Å². The third kappa shape index (κ3) is 1.84. The van der Waals surface area contributed by atoms with Crippen molar-refractivity contribution in [1.29, 1.82) is 0 Å². The van der Waals surface area contributed by atoms with Gasteiger partial charge in [0.05, 0.1) is 6.61 Å². The van der Waals surface area contributed by atoms with Crippen LogP contribution >= 0.6 is 7.14 Å². The highest BCUT2D eigenvalue weighted by Gasteiger charge is 2.45. The minimum absolute atomic E-state index is 0.137. The van der Waals surface area contributed by atoms with Crippen molar-refractivity contribution in [2.24, 2.45) is 0 Å². The lowest BCUT2D eigenvalue weighted by Crippen LogP contribution is -2.09. The number of aliphatic hydroxyl groups is 1. The molecule has 3 unspecified atom stereocenters. The Kier molecular flexibility index (Phi) is 2.74. The van der Waals surface area contributed by atoms with E-state index in [-0.39, 0.29) is 5.85 Å². The van der Waals surface area contributed by atoms with Crippen molar-refractivity contribution < 1.29 is 14.4 Å². The minimum Gasteiger partial charge on any atom is -0.386 e. The molecule has 1 aliphatic heterocycles. The molecule has 0 saturated carbocycles. The zero-order valence-corrected chi connectivity index (χ0v) is 7.88. The molecule has 0 amide bonds. The van der Waals surface area contributed by atoms with Crippen LogP contribution in [0.4, 0.5) is 0 Å². The van der Waals surface area contributed by atoms with E-state index in [9.17, 15) is 9.67 Å². The summed E-state index contributed by atoms with van der Waals surface area (Å²) in [5.41, 5.74) is 0. The summed E-state index contributed by atoms with van der Waals surface area (Å²) in [6.45, 7) is 4.14. The monoisotopic (exact) mass is 178 g/mol. The number of rotatable bonds is 4. The molecule has 0 aromatic rings. The molecular formula is C7H15O3P. The molecule has 1 heterocycles. The maximum Gasteiger partial charge on any atom is 0.144 e. The Morgan fingerprint density at radius 1 is 1.82 bits per heavy atom. The highest BCUT2D eigenvalue weighted by Crippen LogP contribution is 2.59. The average molecular weight is 178 g/mol. The molecule has 1 fully saturated rings. The van der Waals surface area contributed by atoms with E-state index in [4.69, 9.17) is 4.74 Å². The Morgan fingerprint density at radius 3 is 2.64 bits per heavy atom. The fraction of sp³-hybridized carbons (Fsp3) is 1.00. The minimum atomic E-state index is -2.42. The quantitative estimate of drug-likeness (QED) is 0.523. The summed E-state index contributed by atoms with van der Waals surface area (Å²) in [4.78, 5) is 0. The van der Waals surface area contributed by atoms with Gasteiger partial charge in [-0.15, -0.1) is 0 Å². The summed E-state index contributed by atoms with van der Waals surface area (Å²) in [6.07, 6.45) is 1.46. The number of aliphatic hydroxyl groups excluding tert-OH is 1. The Bertz CT molecular complexity index is 169. The average Bonchev–Trinajstić information content (AvgIpc) is 2.68. The number of ether oxygens (including phenoxy) is 1. The lowest BCUT2D eigenvalue weighted by Gasteiger charge is -2.17. The van der Waals surface area contributed by atoms with Crippen molar-refractivity contribution in [1.82, 2.24) is 0 Å². The molecule has 1 aliphatic rings. The van der Waals surface area contributed by atoms with E-state index in [0.29, 0.717) is 12.8 Å². The first-order valence-corrected chi connectivity index (χ1v) is 6.02. The van der Waals surface area contributed by atoms with Crippen LogP contribution in [-0.2, 0) is 9.30 Å². The van der Waals surface area contributed by atoms with Crippen molar-refractivity contribution in [3.63, 3.8) is 0 Å². The second kappa shape index (κ2) is 3.26. The van der Waals surface area contributed by atoms with Gasteiger partial charge in [0, 0.05) is 6.16 Å². The molecule has 3 atom stereocenters. The van der Waals surface area contributed by atoms with Crippen LogP contribution in [0, 0.1) is 0 Å². The Labute approximate surface area is 67.1 Å². The summed E-state index contributed by atoms with van der Waals surface area (Å²) in [6, 6.07) is 0. The zero-order chi connectivity index (χ0) is 8.48. The maximum absolute atomic E-state index is 11.9. The largest absolute Gasteiger partial charge is 0.386 e. The van der Waals surface area contributed by atoms with Crippen LogP contribution < -0.4 is 0 Å². The Hall–Kier alpha value is 0.150. The van der Waals surface area contributed by atoms with Crippen LogP contribution in [0.25, 0.3) is 0 Å². The molecule has 66 valence electrons. The van der Waals surface area contributed by atoms with Crippen molar-refractivity contribution in [2.45, 2.75) is 32.0 Å². The summed E-state index contributed by atoms with van der Waals surface area (Å²) in [5, 5.41) is 9.27. The van der Waals surface area contributed by atoms with Crippen molar-refractivity contribution >= 4 is 7.14 Å². The van der Waals surface area contributed by atoms with E-state index < -0.39 is 13.0 Å². The van der Waals surface area contributed by atoms with E-state index in [2.05, 4.69) is 0 Å². The molecule has 1 saturated heterocycles. The number of hydrogen-bond donors (Lipinski definition) is 1. The van der Waals surface area contributed by atoms with Gasteiger partial charge in [0.2, 0.25) is 0 Å². The predicted octanol–water partition coefficient (Wildman–Crippen LogP) is 1.45. The second-order valence-electron chi connectivity index (χ2n) is 3.00. The highest BCUT2D eigenvalue weighted by atomic mass is 31.2. The van der Waals surface area contributed by atoms with Gasteiger partial charge in [0.25, 0.3) is 0 Å². The molecule has 11 heavy (non-hydrogen) atoms. The first kappa shape index (κ1) is 9.24. The molecule has 0 aromatic heterocycles.